The standard InChI is InChI=1S/C11H11N3O2S2/c1-2-16-10(15)7-4-3-5-8(9(7)12)17-11-13-6-14-18-11/h3-6H,2,12H2,1H3. The Labute approximate surface area is 113 Å². The fourth-order valence-corrected chi connectivity index (χ4v) is 2.80. The molecule has 94 valence electrons. The van der Waals surface area contributed by atoms with Crippen LogP contribution in [0.4, 0.5) is 5.69 Å². The molecule has 0 saturated heterocycles. The van der Waals surface area contributed by atoms with Gasteiger partial charge in [-0.05, 0) is 30.6 Å². The molecule has 0 bridgehead atoms. The van der Waals surface area contributed by atoms with Crippen molar-refractivity contribution in [2.45, 2.75) is 16.2 Å². The highest BCUT2D eigenvalue weighted by Crippen LogP contribution is 2.34. The van der Waals surface area contributed by atoms with E-state index in [4.69, 9.17) is 10.5 Å². The Balaban J connectivity index is 2.27. The van der Waals surface area contributed by atoms with Crippen molar-refractivity contribution in [1.82, 2.24) is 9.36 Å². The smallest absolute Gasteiger partial charge is 0.340 e. The zero-order chi connectivity index (χ0) is 13.0. The summed E-state index contributed by atoms with van der Waals surface area (Å²) in [6, 6.07) is 5.26. The van der Waals surface area contributed by atoms with Crippen molar-refractivity contribution < 1.29 is 9.53 Å². The van der Waals surface area contributed by atoms with Crippen LogP contribution in [0.2, 0.25) is 0 Å². The van der Waals surface area contributed by atoms with Gasteiger partial charge in [0.05, 0.1) is 17.9 Å². The van der Waals surface area contributed by atoms with Crippen LogP contribution in [0, 0.1) is 0 Å². The van der Waals surface area contributed by atoms with Crippen molar-refractivity contribution in [2.75, 3.05) is 12.3 Å². The van der Waals surface area contributed by atoms with Crippen LogP contribution in [0.5, 0.6) is 0 Å². The molecule has 2 N–H and O–H groups in total. The monoisotopic (exact) mass is 281 g/mol. The molecule has 1 aromatic carbocycles. The Hall–Kier alpha value is -1.60. The number of nitrogen functional groups attached to an aromatic ring is 1. The van der Waals surface area contributed by atoms with Crippen LogP contribution in [0.15, 0.2) is 33.8 Å². The van der Waals surface area contributed by atoms with Crippen LogP contribution in [0.1, 0.15) is 17.3 Å². The first-order valence-corrected chi connectivity index (χ1v) is 6.81. The van der Waals surface area contributed by atoms with E-state index in [1.165, 1.54) is 29.6 Å². The Morgan fingerprint density at radius 1 is 1.56 bits per heavy atom. The summed E-state index contributed by atoms with van der Waals surface area (Å²) < 4.78 is 9.64. The van der Waals surface area contributed by atoms with Gasteiger partial charge < -0.3 is 10.5 Å². The molecule has 0 fully saturated rings. The summed E-state index contributed by atoms with van der Waals surface area (Å²) in [5, 5.41) is 0. The van der Waals surface area contributed by atoms with E-state index in [9.17, 15) is 4.79 Å². The van der Waals surface area contributed by atoms with Gasteiger partial charge in [0.25, 0.3) is 0 Å². The maximum absolute atomic E-state index is 11.7. The highest BCUT2D eigenvalue weighted by molar-refractivity contribution is 8.01. The zero-order valence-electron chi connectivity index (χ0n) is 9.62. The Kier molecular flexibility index (Phi) is 4.16. The van der Waals surface area contributed by atoms with E-state index in [2.05, 4.69) is 9.36 Å². The van der Waals surface area contributed by atoms with Crippen LogP contribution in [0.25, 0.3) is 0 Å². The number of esters is 1. The molecule has 0 spiro atoms. The molecule has 18 heavy (non-hydrogen) atoms. The lowest BCUT2D eigenvalue weighted by Crippen LogP contribution is -2.08. The lowest BCUT2D eigenvalue weighted by Gasteiger charge is -2.08. The number of benzene rings is 1. The number of para-hydroxylation sites is 1. The molecule has 0 aliphatic rings. The van der Waals surface area contributed by atoms with Gasteiger partial charge in [0.1, 0.15) is 6.33 Å². The predicted molar refractivity (Wildman–Crippen MR) is 70.8 cm³/mol. The maximum Gasteiger partial charge on any atom is 0.340 e. The van der Waals surface area contributed by atoms with Gasteiger partial charge in [-0.15, -0.1) is 0 Å². The zero-order valence-corrected chi connectivity index (χ0v) is 11.3. The molecular weight excluding hydrogens is 270 g/mol. The Morgan fingerprint density at radius 2 is 2.39 bits per heavy atom. The van der Waals surface area contributed by atoms with Gasteiger partial charge in [-0.2, -0.15) is 4.37 Å². The molecule has 2 rings (SSSR count). The van der Waals surface area contributed by atoms with Crippen LogP contribution in [-0.2, 0) is 4.74 Å². The van der Waals surface area contributed by atoms with E-state index < -0.39 is 5.97 Å². The summed E-state index contributed by atoms with van der Waals surface area (Å²) in [4.78, 5) is 16.5. The van der Waals surface area contributed by atoms with Crippen LogP contribution >= 0.6 is 23.3 Å². The van der Waals surface area contributed by atoms with Crippen LogP contribution in [-0.4, -0.2) is 21.9 Å². The molecule has 2 aromatic rings. The van der Waals surface area contributed by atoms with Crippen molar-refractivity contribution in [3.8, 4) is 0 Å². The van der Waals surface area contributed by atoms with Crippen molar-refractivity contribution in [1.29, 1.82) is 0 Å². The fraction of sp³-hybridized carbons (Fsp3) is 0.182. The number of nitrogens with zero attached hydrogens (tertiary/aromatic N) is 2. The van der Waals surface area contributed by atoms with Gasteiger partial charge in [-0.3, -0.25) is 0 Å². The van der Waals surface area contributed by atoms with Crippen molar-refractivity contribution in [3.63, 3.8) is 0 Å². The highest BCUT2D eigenvalue weighted by atomic mass is 32.2. The largest absolute Gasteiger partial charge is 0.462 e. The third kappa shape index (κ3) is 2.80. The first-order valence-electron chi connectivity index (χ1n) is 5.22. The van der Waals surface area contributed by atoms with Crippen molar-refractivity contribution >= 4 is 35.0 Å². The van der Waals surface area contributed by atoms with Gasteiger partial charge in [-0.1, -0.05) is 17.8 Å². The minimum Gasteiger partial charge on any atom is -0.462 e. The number of hydrogen-bond donors (Lipinski definition) is 1. The van der Waals surface area contributed by atoms with E-state index in [1.807, 2.05) is 6.07 Å². The molecule has 0 aliphatic carbocycles. The molecule has 0 aliphatic heterocycles. The van der Waals surface area contributed by atoms with E-state index in [0.29, 0.717) is 17.9 Å². The van der Waals surface area contributed by atoms with E-state index >= 15 is 0 Å². The molecule has 0 radical (unpaired) electrons. The van der Waals surface area contributed by atoms with Crippen LogP contribution in [0.3, 0.4) is 0 Å². The normalized spacial score (nSPS) is 10.3. The van der Waals surface area contributed by atoms with Gasteiger partial charge in [-0.25, -0.2) is 9.78 Å². The molecule has 7 heteroatoms. The second-order valence-electron chi connectivity index (χ2n) is 3.25. The van der Waals surface area contributed by atoms with Gasteiger partial charge in [0, 0.05) is 4.90 Å². The SMILES string of the molecule is CCOC(=O)c1cccc(Sc2ncns2)c1N. The molecule has 0 amide bonds. The van der Waals surface area contributed by atoms with Crippen molar-refractivity contribution in [3.05, 3.63) is 30.1 Å². The summed E-state index contributed by atoms with van der Waals surface area (Å²) >= 11 is 2.66. The second kappa shape index (κ2) is 5.83. The average molecular weight is 281 g/mol. The summed E-state index contributed by atoms with van der Waals surface area (Å²) in [5.74, 6) is -0.408. The molecule has 0 atom stereocenters. The molecule has 0 saturated carbocycles. The third-order valence-corrected chi connectivity index (χ3v) is 3.89. The summed E-state index contributed by atoms with van der Waals surface area (Å²) in [6.45, 7) is 2.08. The minimum atomic E-state index is -0.408. The average Bonchev–Trinajstić information content (AvgIpc) is 2.85. The summed E-state index contributed by atoms with van der Waals surface area (Å²) in [6.07, 6.45) is 1.48. The number of hydrogen-bond acceptors (Lipinski definition) is 7. The lowest BCUT2D eigenvalue weighted by atomic mass is 10.2. The van der Waals surface area contributed by atoms with Crippen molar-refractivity contribution in [2.24, 2.45) is 0 Å². The molecular formula is C11H11N3O2S2. The van der Waals surface area contributed by atoms with Gasteiger partial charge in [0.2, 0.25) is 0 Å². The van der Waals surface area contributed by atoms with Gasteiger partial charge >= 0.3 is 5.97 Å². The van der Waals surface area contributed by atoms with Gasteiger partial charge in [0.15, 0.2) is 4.34 Å². The summed E-state index contributed by atoms with van der Waals surface area (Å²) in [7, 11) is 0. The minimum absolute atomic E-state index is 0.325. The number of aromatic nitrogens is 2. The predicted octanol–water partition coefficient (Wildman–Crippen LogP) is 2.45. The molecule has 0 unspecified atom stereocenters. The molecule has 1 aromatic heterocycles. The number of ether oxygens (including phenoxy) is 1. The van der Waals surface area contributed by atoms with E-state index in [1.54, 1.807) is 19.1 Å². The maximum atomic E-state index is 11.7. The Morgan fingerprint density at radius 3 is 3.06 bits per heavy atom. The second-order valence-corrected chi connectivity index (χ2v) is 5.32. The Bertz CT molecular complexity index is 543. The lowest BCUT2D eigenvalue weighted by molar-refractivity contribution is 0.0527. The van der Waals surface area contributed by atoms with E-state index in [0.717, 1.165) is 9.24 Å². The highest BCUT2D eigenvalue weighted by Gasteiger charge is 2.14. The first-order chi connectivity index (χ1) is 8.72. The quantitative estimate of drug-likeness (QED) is 0.685. The molecule has 5 nitrogen and oxygen atoms in total. The van der Waals surface area contributed by atoms with Crippen LogP contribution < -0.4 is 5.73 Å². The summed E-state index contributed by atoms with van der Waals surface area (Å²) in [5.41, 5.74) is 6.76. The van der Waals surface area contributed by atoms with E-state index in [-0.39, 0.29) is 0 Å². The fourth-order valence-electron chi connectivity index (χ4n) is 1.32. The molecule has 1 heterocycles. The number of anilines is 1. The third-order valence-electron chi connectivity index (χ3n) is 2.10. The number of nitrogens with two attached hydrogens (primary N) is 1. The first kappa shape index (κ1) is 12.8. The number of rotatable bonds is 4. The topological polar surface area (TPSA) is 78.1 Å². The number of carbonyl (C=O) groups is 1. The number of carbonyl (C=O) groups excluding carboxylic acids is 1.